The van der Waals surface area contributed by atoms with Crippen LogP contribution in [-0.2, 0) is 16.1 Å². The van der Waals surface area contributed by atoms with Crippen LogP contribution in [0.4, 0.5) is 5.69 Å². The van der Waals surface area contributed by atoms with Gasteiger partial charge in [0.05, 0.1) is 4.88 Å². The van der Waals surface area contributed by atoms with Gasteiger partial charge in [0.2, 0.25) is 11.7 Å². The molecule has 2 amide bonds. The Morgan fingerprint density at radius 2 is 1.89 bits per heavy atom. The smallest absolute Gasteiger partial charge is 0.251 e. The van der Waals surface area contributed by atoms with Crippen LogP contribution in [0.3, 0.4) is 0 Å². The van der Waals surface area contributed by atoms with Gasteiger partial charge in [-0.2, -0.15) is 4.80 Å². The van der Waals surface area contributed by atoms with Crippen molar-refractivity contribution in [2.24, 2.45) is 0 Å². The number of aromatic hydroxyl groups is 1. The summed E-state index contributed by atoms with van der Waals surface area (Å²) in [6.07, 6.45) is 0. The maximum atomic E-state index is 13.8. The largest absolute Gasteiger partial charge is 0.508 e. The summed E-state index contributed by atoms with van der Waals surface area (Å²) in [6.45, 7) is 5.29. The molecular formula is C25H25ClN6O3S. The Bertz CT molecular complexity index is 1350. The molecule has 0 aliphatic heterocycles. The first-order chi connectivity index (χ1) is 17.1. The van der Waals surface area contributed by atoms with E-state index in [0.717, 1.165) is 4.88 Å². The summed E-state index contributed by atoms with van der Waals surface area (Å²) in [5.41, 5.74) is 0.324. The number of carbonyl (C=O) groups is 2. The highest BCUT2D eigenvalue weighted by molar-refractivity contribution is 7.13. The number of carbonyl (C=O) groups excluding carboxylic acids is 2. The lowest BCUT2D eigenvalue weighted by molar-refractivity contribution is -0.128. The Kier molecular flexibility index (Phi) is 7.37. The molecule has 0 aliphatic rings. The van der Waals surface area contributed by atoms with Gasteiger partial charge in [-0.05, 0) is 67.3 Å². The van der Waals surface area contributed by atoms with Gasteiger partial charge in [0.25, 0.3) is 5.91 Å². The second-order valence-corrected chi connectivity index (χ2v) is 10.5. The number of phenolic OH excluding ortho intramolecular Hbond substituents is 1. The van der Waals surface area contributed by atoms with E-state index in [-0.39, 0.29) is 12.3 Å². The van der Waals surface area contributed by atoms with E-state index in [1.54, 1.807) is 36.4 Å². The summed E-state index contributed by atoms with van der Waals surface area (Å²) < 4.78 is 0. The van der Waals surface area contributed by atoms with Gasteiger partial charge in [-0.3, -0.25) is 14.5 Å². The van der Waals surface area contributed by atoms with Crippen molar-refractivity contribution < 1.29 is 14.7 Å². The molecule has 2 aromatic carbocycles. The van der Waals surface area contributed by atoms with E-state index in [1.807, 2.05) is 38.3 Å². The quantitative estimate of drug-likeness (QED) is 0.369. The number of nitrogens with one attached hydrogen (secondary N) is 1. The maximum absolute atomic E-state index is 13.8. The van der Waals surface area contributed by atoms with E-state index in [9.17, 15) is 14.7 Å². The fourth-order valence-electron chi connectivity index (χ4n) is 3.59. The van der Waals surface area contributed by atoms with Crippen molar-refractivity contribution in [2.75, 3.05) is 4.90 Å². The van der Waals surface area contributed by atoms with Crippen LogP contribution in [0.5, 0.6) is 5.75 Å². The minimum Gasteiger partial charge on any atom is -0.508 e. The minimum absolute atomic E-state index is 0.0461. The standard InChI is InChI=1S/C25H25ClN6O3S/c1-25(2,3)27-24(35)22(16-9-11-17(26)12-10-16)32(18-6-4-7-19(33)14-18)21(34)15-31-29-23(28-30-31)20-8-5-13-36-20/h4-14,22,33H,15H2,1-3H3,(H,27,35)/t22-/m1/s1. The number of halogens is 1. The SMILES string of the molecule is CC(C)(C)NC(=O)[C@@H](c1ccc(Cl)cc1)N(C(=O)Cn1nnc(-c2cccs2)n1)c1cccc(O)c1. The molecule has 0 aliphatic carbocycles. The molecule has 0 unspecified atom stereocenters. The van der Waals surface area contributed by atoms with Crippen molar-refractivity contribution in [1.29, 1.82) is 0 Å². The molecule has 186 valence electrons. The molecular weight excluding hydrogens is 500 g/mol. The Labute approximate surface area is 217 Å². The molecule has 11 heteroatoms. The van der Waals surface area contributed by atoms with Crippen molar-refractivity contribution in [3.8, 4) is 16.5 Å². The molecule has 4 aromatic rings. The molecule has 0 fully saturated rings. The van der Waals surface area contributed by atoms with Crippen LogP contribution in [0.15, 0.2) is 66.0 Å². The highest BCUT2D eigenvalue weighted by atomic mass is 35.5. The third kappa shape index (κ3) is 6.07. The summed E-state index contributed by atoms with van der Waals surface area (Å²) in [7, 11) is 0. The molecule has 9 nitrogen and oxygen atoms in total. The maximum Gasteiger partial charge on any atom is 0.251 e. The number of thiophene rings is 1. The number of nitrogens with zero attached hydrogens (tertiary/aromatic N) is 5. The molecule has 2 heterocycles. The summed E-state index contributed by atoms with van der Waals surface area (Å²) in [6, 6.07) is 15.6. The third-order valence-corrected chi connectivity index (χ3v) is 6.16. The molecule has 1 atom stereocenters. The van der Waals surface area contributed by atoms with Crippen LogP contribution in [0.2, 0.25) is 5.02 Å². The second-order valence-electron chi connectivity index (χ2n) is 9.10. The number of tetrazole rings is 1. The van der Waals surface area contributed by atoms with Crippen molar-refractivity contribution in [2.45, 2.75) is 38.9 Å². The van der Waals surface area contributed by atoms with Gasteiger partial charge in [0, 0.05) is 22.3 Å². The zero-order valence-electron chi connectivity index (χ0n) is 19.9. The second kappa shape index (κ2) is 10.5. The summed E-state index contributed by atoms with van der Waals surface area (Å²) in [5, 5.41) is 27.9. The zero-order chi connectivity index (χ0) is 25.9. The number of benzene rings is 2. The van der Waals surface area contributed by atoms with Crippen molar-refractivity contribution in [1.82, 2.24) is 25.5 Å². The van der Waals surface area contributed by atoms with Gasteiger partial charge in [0.1, 0.15) is 18.3 Å². The molecule has 0 saturated heterocycles. The number of amides is 2. The molecule has 0 radical (unpaired) electrons. The molecule has 0 saturated carbocycles. The normalized spacial score (nSPS) is 12.2. The van der Waals surface area contributed by atoms with E-state index in [1.165, 1.54) is 33.2 Å². The fraction of sp³-hybridized carbons (Fsp3) is 0.240. The molecule has 36 heavy (non-hydrogen) atoms. The van der Waals surface area contributed by atoms with Gasteiger partial charge in [-0.1, -0.05) is 35.9 Å². The number of anilines is 1. The van der Waals surface area contributed by atoms with Crippen LogP contribution in [0.25, 0.3) is 10.7 Å². The van der Waals surface area contributed by atoms with E-state index in [0.29, 0.717) is 22.1 Å². The average Bonchev–Trinajstić information content (AvgIpc) is 3.49. The molecule has 0 bridgehead atoms. The Morgan fingerprint density at radius 1 is 1.14 bits per heavy atom. The predicted molar refractivity (Wildman–Crippen MR) is 139 cm³/mol. The number of hydrogen-bond donors (Lipinski definition) is 2. The topological polar surface area (TPSA) is 113 Å². The molecule has 4 rings (SSSR count). The van der Waals surface area contributed by atoms with Crippen LogP contribution >= 0.6 is 22.9 Å². The molecule has 0 spiro atoms. The first-order valence-electron chi connectivity index (χ1n) is 11.1. The average molecular weight is 525 g/mol. The lowest BCUT2D eigenvalue weighted by Crippen LogP contribution is -2.50. The van der Waals surface area contributed by atoms with Gasteiger partial charge in [-0.15, -0.1) is 21.5 Å². The Hall–Kier alpha value is -3.76. The summed E-state index contributed by atoms with van der Waals surface area (Å²) in [4.78, 5) is 30.7. The third-order valence-electron chi connectivity index (χ3n) is 5.04. The van der Waals surface area contributed by atoms with Gasteiger partial charge >= 0.3 is 0 Å². The van der Waals surface area contributed by atoms with E-state index in [4.69, 9.17) is 11.6 Å². The highest BCUT2D eigenvalue weighted by Gasteiger charge is 2.35. The minimum atomic E-state index is -1.06. The van der Waals surface area contributed by atoms with Gasteiger partial charge in [-0.25, -0.2) is 0 Å². The number of rotatable bonds is 7. The lowest BCUT2D eigenvalue weighted by Gasteiger charge is -2.33. The van der Waals surface area contributed by atoms with Crippen LogP contribution in [0, 0.1) is 0 Å². The van der Waals surface area contributed by atoms with Crippen molar-refractivity contribution >= 4 is 40.4 Å². The number of hydrogen-bond acceptors (Lipinski definition) is 7. The van der Waals surface area contributed by atoms with Crippen LogP contribution in [0.1, 0.15) is 32.4 Å². The van der Waals surface area contributed by atoms with Gasteiger partial charge in [0.15, 0.2) is 0 Å². The number of aromatic nitrogens is 4. The molecule has 2 N–H and O–H groups in total. The fourth-order valence-corrected chi connectivity index (χ4v) is 4.37. The van der Waals surface area contributed by atoms with E-state index in [2.05, 4.69) is 20.7 Å². The first-order valence-corrected chi connectivity index (χ1v) is 12.4. The Morgan fingerprint density at radius 3 is 2.53 bits per heavy atom. The van der Waals surface area contributed by atoms with Crippen molar-refractivity contribution in [3.63, 3.8) is 0 Å². The molecule has 2 aromatic heterocycles. The highest BCUT2D eigenvalue weighted by Crippen LogP contribution is 2.31. The summed E-state index contributed by atoms with van der Waals surface area (Å²) in [5.74, 6) is -0.510. The van der Waals surface area contributed by atoms with Gasteiger partial charge < -0.3 is 10.4 Å². The van der Waals surface area contributed by atoms with Crippen molar-refractivity contribution in [3.05, 3.63) is 76.6 Å². The number of phenols is 1. The van der Waals surface area contributed by atoms with Crippen LogP contribution in [-0.4, -0.2) is 42.7 Å². The zero-order valence-corrected chi connectivity index (χ0v) is 21.5. The summed E-state index contributed by atoms with van der Waals surface area (Å²) >= 11 is 7.55. The van der Waals surface area contributed by atoms with E-state index < -0.39 is 23.4 Å². The first kappa shape index (κ1) is 25.3. The van der Waals surface area contributed by atoms with E-state index >= 15 is 0 Å². The Balaban J connectivity index is 1.75. The lowest BCUT2D eigenvalue weighted by atomic mass is 10.0. The van der Waals surface area contributed by atoms with Crippen LogP contribution < -0.4 is 10.2 Å². The predicted octanol–water partition coefficient (Wildman–Crippen LogP) is 4.45. The monoisotopic (exact) mass is 524 g/mol.